The quantitative estimate of drug-likeness (QED) is 0.531. The molecule has 2 aromatic rings. The number of fused-ring (bicyclic) bond motifs is 3. The molecular weight excluding hydrogens is 448 g/mol. The maximum Gasteiger partial charge on any atom is 0.407 e. The number of hydrogen-bond donors (Lipinski definition) is 2. The van der Waals surface area contributed by atoms with Crippen molar-refractivity contribution in [1.29, 1.82) is 0 Å². The number of likely N-dealkylation sites (tertiary alicyclic amines) is 1. The number of benzene rings is 2. The topological polar surface area (TPSA) is 105 Å². The molecule has 1 aliphatic carbocycles. The van der Waals surface area contributed by atoms with Crippen molar-refractivity contribution >= 4 is 18.0 Å². The molecule has 186 valence electrons. The zero-order valence-electron chi connectivity index (χ0n) is 19.9. The van der Waals surface area contributed by atoms with Gasteiger partial charge in [0.2, 0.25) is 5.91 Å². The second kappa shape index (κ2) is 11.4. The summed E-state index contributed by atoms with van der Waals surface area (Å²) in [6, 6.07) is 15.6. The lowest BCUT2D eigenvalue weighted by molar-refractivity contribution is -0.153. The van der Waals surface area contributed by atoms with Crippen molar-refractivity contribution in [2.45, 2.75) is 38.1 Å². The first-order valence-corrected chi connectivity index (χ1v) is 12.1. The van der Waals surface area contributed by atoms with Crippen LogP contribution in [0.15, 0.2) is 48.5 Å². The number of nitrogens with zero attached hydrogens (tertiary/aromatic N) is 1. The number of carboxylic acid groups (broad SMARTS) is 1. The number of alkyl carbamates (subject to hydrolysis) is 1. The summed E-state index contributed by atoms with van der Waals surface area (Å²) < 4.78 is 11.0. The van der Waals surface area contributed by atoms with Crippen LogP contribution in [0.2, 0.25) is 0 Å². The molecule has 2 atom stereocenters. The summed E-state index contributed by atoms with van der Waals surface area (Å²) in [4.78, 5) is 37.6. The van der Waals surface area contributed by atoms with Gasteiger partial charge in [0.1, 0.15) is 12.6 Å². The third kappa shape index (κ3) is 5.82. The van der Waals surface area contributed by atoms with Crippen LogP contribution in [-0.2, 0) is 19.1 Å². The molecule has 0 bridgehead atoms. The van der Waals surface area contributed by atoms with Crippen LogP contribution in [0.25, 0.3) is 11.1 Å². The summed E-state index contributed by atoms with van der Waals surface area (Å²) in [5.41, 5.74) is 4.66. The average Bonchev–Trinajstić information content (AvgIpc) is 3.18. The van der Waals surface area contributed by atoms with Crippen molar-refractivity contribution in [3.63, 3.8) is 0 Å². The number of rotatable bonds is 9. The predicted octanol–water partition coefficient (Wildman–Crippen LogP) is 3.64. The van der Waals surface area contributed by atoms with E-state index in [2.05, 4.69) is 29.6 Å². The van der Waals surface area contributed by atoms with Crippen molar-refractivity contribution in [2.75, 3.05) is 32.9 Å². The molecule has 0 aromatic heterocycles. The third-order valence-corrected chi connectivity index (χ3v) is 6.74. The SMILES string of the molecule is CC1CCC(C(=O)O)N(C(=O)CCOCCNC(=O)OCC2c3ccccc3-c3ccccc32)C1. The van der Waals surface area contributed by atoms with Gasteiger partial charge in [-0.05, 0) is 41.0 Å². The molecule has 0 saturated carbocycles. The first-order valence-electron chi connectivity index (χ1n) is 12.1. The molecule has 0 radical (unpaired) electrons. The molecule has 35 heavy (non-hydrogen) atoms. The van der Waals surface area contributed by atoms with Crippen LogP contribution in [0.5, 0.6) is 0 Å². The van der Waals surface area contributed by atoms with E-state index in [1.165, 1.54) is 16.0 Å². The minimum Gasteiger partial charge on any atom is -0.480 e. The standard InChI is InChI=1S/C27H32N2O6/c1-18-10-11-24(26(31)32)29(16-18)25(30)12-14-34-15-13-28-27(33)35-17-23-21-8-4-2-6-19(21)20-7-3-5-9-22(20)23/h2-9,18,23-24H,10-17H2,1H3,(H,28,33)(H,31,32). The Morgan fingerprint density at radius 2 is 1.66 bits per heavy atom. The number of piperidine rings is 1. The summed E-state index contributed by atoms with van der Waals surface area (Å²) in [6.07, 6.45) is 0.881. The van der Waals surface area contributed by atoms with Crippen molar-refractivity contribution in [3.8, 4) is 11.1 Å². The molecule has 0 spiro atoms. The third-order valence-electron chi connectivity index (χ3n) is 6.74. The largest absolute Gasteiger partial charge is 0.480 e. The fraction of sp³-hybridized carbons (Fsp3) is 0.444. The monoisotopic (exact) mass is 480 g/mol. The molecule has 2 N–H and O–H groups in total. The number of carbonyl (C=O) groups is 3. The molecular formula is C27H32N2O6. The molecule has 1 fully saturated rings. The number of nitrogens with one attached hydrogen (secondary N) is 1. The fourth-order valence-electron chi connectivity index (χ4n) is 4.96. The molecule has 4 rings (SSSR count). The van der Waals surface area contributed by atoms with Crippen LogP contribution in [0.4, 0.5) is 4.79 Å². The van der Waals surface area contributed by atoms with Crippen LogP contribution in [0.1, 0.15) is 43.2 Å². The minimum absolute atomic E-state index is 0.00236. The second-order valence-corrected chi connectivity index (χ2v) is 9.20. The Hall–Kier alpha value is -3.39. The molecule has 1 aliphatic heterocycles. The molecule has 2 aliphatic rings. The maximum atomic E-state index is 12.5. The highest BCUT2D eigenvalue weighted by atomic mass is 16.5. The Bertz CT molecular complexity index is 1030. The second-order valence-electron chi connectivity index (χ2n) is 9.20. The van der Waals surface area contributed by atoms with Gasteiger partial charge in [0.15, 0.2) is 0 Å². The van der Waals surface area contributed by atoms with Crippen molar-refractivity contribution in [1.82, 2.24) is 10.2 Å². The summed E-state index contributed by atoms with van der Waals surface area (Å²) >= 11 is 0. The number of amides is 2. The van der Waals surface area contributed by atoms with Crippen molar-refractivity contribution in [3.05, 3.63) is 59.7 Å². The van der Waals surface area contributed by atoms with Crippen molar-refractivity contribution in [2.24, 2.45) is 5.92 Å². The molecule has 8 heteroatoms. The van der Waals surface area contributed by atoms with E-state index < -0.39 is 18.1 Å². The van der Waals surface area contributed by atoms with Gasteiger partial charge in [0, 0.05) is 19.0 Å². The van der Waals surface area contributed by atoms with E-state index in [1.807, 2.05) is 31.2 Å². The molecule has 8 nitrogen and oxygen atoms in total. The highest BCUT2D eigenvalue weighted by Crippen LogP contribution is 2.44. The highest BCUT2D eigenvalue weighted by molar-refractivity contribution is 5.84. The number of carboxylic acids is 1. The van der Waals surface area contributed by atoms with Gasteiger partial charge >= 0.3 is 12.1 Å². The molecule has 1 saturated heterocycles. The van der Waals surface area contributed by atoms with Crippen molar-refractivity contribution < 1.29 is 29.0 Å². The van der Waals surface area contributed by atoms with Gasteiger partial charge in [-0.3, -0.25) is 4.79 Å². The summed E-state index contributed by atoms with van der Waals surface area (Å²) in [7, 11) is 0. The normalized spacial score (nSPS) is 19.1. The van der Waals surface area contributed by atoms with Crippen LogP contribution >= 0.6 is 0 Å². The maximum absolute atomic E-state index is 12.5. The summed E-state index contributed by atoms with van der Waals surface area (Å²) in [5, 5.41) is 12.0. The van der Waals surface area contributed by atoms with Gasteiger partial charge in [-0.2, -0.15) is 0 Å². The van der Waals surface area contributed by atoms with E-state index in [9.17, 15) is 19.5 Å². The van der Waals surface area contributed by atoms with Crippen LogP contribution in [-0.4, -0.2) is 66.9 Å². The smallest absolute Gasteiger partial charge is 0.407 e. The van der Waals surface area contributed by atoms with Gasteiger partial charge in [-0.25, -0.2) is 9.59 Å². The Balaban J connectivity index is 1.15. The lowest BCUT2D eigenvalue weighted by Crippen LogP contribution is -2.50. The fourth-order valence-corrected chi connectivity index (χ4v) is 4.96. The number of aliphatic carboxylic acids is 1. The Morgan fingerprint density at radius 1 is 1.00 bits per heavy atom. The zero-order chi connectivity index (χ0) is 24.8. The van der Waals surface area contributed by atoms with E-state index >= 15 is 0 Å². The van der Waals surface area contributed by atoms with Crippen LogP contribution in [0.3, 0.4) is 0 Å². The predicted molar refractivity (Wildman–Crippen MR) is 130 cm³/mol. The summed E-state index contributed by atoms with van der Waals surface area (Å²) in [6.45, 7) is 3.37. The van der Waals surface area contributed by atoms with Crippen LogP contribution < -0.4 is 5.32 Å². The summed E-state index contributed by atoms with van der Waals surface area (Å²) in [5.74, 6) is -0.883. The molecule has 2 amide bonds. The first-order chi connectivity index (χ1) is 17.0. The Morgan fingerprint density at radius 3 is 2.31 bits per heavy atom. The highest BCUT2D eigenvalue weighted by Gasteiger charge is 2.34. The van der Waals surface area contributed by atoms with Crippen LogP contribution in [0, 0.1) is 5.92 Å². The number of ether oxygens (including phenoxy) is 2. The number of carbonyl (C=O) groups excluding carboxylic acids is 2. The van der Waals surface area contributed by atoms with E-state index in [4.69, 9.17) is 9.47 Å². The van der Waals surface area contributed by atoms with Gasteiger partial charge < -0.3 is 24.8 Å². The van der Waals surface area contributed by atoms with Gasteiger partial charge in [0.05, 0.1) is 19.6 Å². The average molecular weight is 481 g/mol. The molecule has 1 heterocycles. The molecule has 2 unspecified atom stereocenters. The number of hydrogen-bond acceptors (Lipinski definition) is 5. The zero-order valence-corrected chi connectivity index (χ0v) is 19.9. The minimum atomic E-state index is -0.960. The lowest BCUT2D eigenvalue weighted by Gasteiger charge is -2.36. The van der Waals surface area contributed by atoms with Gasteiger partial charge in [-0.1, -0.05) is 55.5 Å². The van der Waals surface area contributed by atoms with Gasteiger partial charge in [-0.15, -0.1) is 0 Å². The van der Waals surface area contributed by atoms with Gasteiger partial charge in [0.25, 0.3) is 0 Å². The van der Waals surface area contributed by atoms with E-state index in [0.29, 0.717) is 13.0 Å². The Labute approximate surface area is 205 Å². The Kier molecular flexibility index (Phi) is 8.02. The lowest BCUT2D eigenvalue weighted by atomic mass is 9.94. The van der Waals surface area contributed by atoms with E-state index in [1.54, 1.807) is 0 Å². The van der Waals surface area contributed by atoms with E-state index in [-0.39, 0.29) is 50.5 Å². The first kappa shape index (κ1) is 24.7. The molecule has 2 aromatic carbocycles. The van der Waals surface area contributed by atoms with E-state index in [0.717, 1.165) is 17.5 Å².